The standard InChI is InChI=1S/C12H16BrN3O2/c13-8-1-2-11-9(7-8)10(3-6-18-11)15-4-5-16-12(14)17/h1-2,7,10,15H,3-6H2,(H3,14,16,17). The maximum Gasteiger partial charge on any atom is 0.312 e. The van der Waals surface area contributed by atoms with Gasteiger partial charge in [-0.15, -0.1) is 0 Å². The molecule has 0 aromatic heterocycles. The Morgan fingerprint density at radius 3 is 3.11 bits per heavy atom. The summed E-state index contributed by atoms with van der Waals surface area (Å²) in [6, 6.07) is 5.76. The van der Waals surface area contributed by atoms with Crippen LogP contribution in [0.25, 0.3) is 0 Å². The monoisotopic (exact) mass is 313 g/mol. The van der Waals surface area contributed by atoms with Crippen LogP contribution in [0.1, 0.15) is 18.0 Å². The number of primary amides is 1. The Morgan fingerprint density at radius 2 is 2.33 bits per heavy atom. The first-order valence-electron chi connectivity index (χ1n) is 5.86. The third-order valence-electron chi connectivity index (χ3n) is 2.83. The lowest BCUT2D eigenvalue weighted by Gasteiger charge is -2.27. The van der Waals surface area contributed by atoms with Gasteiger partial charge in [0.25, 0.3) is 0 Å². The van der Waals surface area contributed by atoms with E-state index >= 15 is 0 Å². The molecule has 2 amide bonds. The first kappa shape index (κ1) is 13.2. The van der Waals surface area contributed by atoms with Crippen LogP contribution in [0.2, 0.25) is 0 Å². The van der Waals surface area contributed by atoms with Gasteiger partial charge in [-0.2, -0.15) is 0 Å². The number of carbonyl (C=O) groups is 1. The highest BCUT2D eigenvalue weighted by Crippen LogP contribution is 2.33. The van der Waals surface area contributed by atoms with Crippen LogP contribution in [-0.4, -0.2) is 25.7 Å². The third-order valence-corrected chi connectivity index (χ3v) is 3.32. The first-order chi connectivity index (χ1) is 8.66. The van der Waals surface area contributed by atoms with Crippen molar-refractivity contribution < 1.29 is 9.53 Å². The number of urea groups is 1. The number of halogens is 1. The van der Waals surface area contributed by atoms with Crippen molar-refractivity contribution in [1.82, 2.24) is 10.6 Å². The van der Waals surface area contributed by atoms with Crippen LogP contribution >= 0.6 is 15.9 Å². The fourth-order valence-corrected chi connectivity index (χ4v) is 2.39. The molecule has 0 bridgehead atoms. The largest absolute Gasteiger partial charge is 0.493 e. The van der Waals surface area contributed by atoms with Gasteiger partial charge in [0, 0.05) is 35.6 Å². The predicted octanol–water partition coefficient (Wildman–Crippen LogP) is 1.53. The van der Waals surface area contributed by atoms with Gasteiger partial charge in [-0.3, -0.25) is 0 Å². The van der Waals surface area contributed by atoms with E-state index in [0.717, 1.165) is 22.2 Å². The average molecular weight is 314 g/mol. The zero-order valence-corrected chi connectivity index (χ0v) is 11.5. The molecule has 4 N–H and O–H groups in total. The number of fused-ring (bicyclic) bond motifs is 1. The molecule has 0 radical (unpaired) electrons. The molecule has 1 aliphatic heterocycles. The number of hydrogen-bond donors (Lipinski definition) is 3. The predicted molar refractivity (Wildman–Crippen MR) is 72.6 cm³/mol. The molecule has 1 unspecified atom stereocenters. The van der Waals surface area contributed by atoms with Gasteiger partial charge in [0.15, 0.2) is 0 Å². The molecule has 18 heavy (non-hydrogen) atoms. The number of benzene rings is 1. The Labute approximate surface area is 114 Å². The van der Waals surface area contributed by atoms with Crippen LogP contribution in [0.15, 0.2) is 22.7 Å². The van der Waals surface area contributed by atoms with Gasteiger partial charge in [0.05, 0.1) is 6.61 Å². The van der Waals surface area contributed by atoms with Gasteiger partial charge < -0.3 is 21.1 Å². The second-order valence-corrected chi connectivity index (χ2v) is 5.03. The molecule has 1 atom stereocenters. The van der Waals surface area contributed by atoms with E-state index in [9.17, 15) is 4.79 Å². The Bertz CT molecular complexity index is 439. The number of amides is 2. The van der Waals surface area contributed by atoms with Crippen LogP contribution in [0.5, 0.6) is 5.75 Å². The number of ether oxygens (including phenoxy) is 1. The molecule has 2 rings (SSSR count). The topological polar surface area (TPSA) is 76.4 Å². The summed E-state index contributed by atoms with van der Waals surface area (Å²) >= 11 is 3.46. The van der Waals surface area contributed by atoms with Crippen molar-refractivity contribution in [2.75, 3.05) is 19.7 Å². The summed E-state index contributed by atoms with van der Waals surface area (Å²) in [6.07, 6.45) is 0.917. The maximum absolute atomic E-state index is 10.6. The number of rotatable bonds is 4. The van der Waals surface area contributed by atoms with E-state index in [1.165, 1.54) is 0 Å². The van der Waals surface area contributed by atoms with Gasteiger partial charge in [-0.25, -0.2) is 4.79 Å². The molecule has 1 heterocycles. The van der Waals surface area contributed by atoms with E-state index in [-0.39, 0.29) is 6.04 Å². The third kappa shape index (κ3) is 3.36. The molecule has 1 aromatic carbocycles. The van der Waals surface area contributed by atoms with Crippen LogP contribution in [-0.2, 0) is 0 Å². The summed E-state index contributed by atoms with van der Waals surface area (Å²) in [6.45, 7) is 1.91. The van der Waals surface area contributed by atoms with Gasteiger partial charge in [-0.05, 0) is 18.2 Å². The Balaban J connectivity index is 1.95. The lowest BCUT2D eigenvalue weighted by atomic mass is 10.0. The molecule has 1 aromatic rings. The van der Waals surface area contributed by atoms with Crippen molar-refractivity contribution in [3.63, 3.8) is 0 Å². The van der Waals surface area contributed by atoms with Crippen molar-refractivity contribution in [3.05, 3.63) is 28.2 Å². The zero-order chi connectivity index (χ0) is 13.0. The van der Waals surface area contributed by atoms with Crippen molar-refractivity contribution in [2.45, 2.75) is 12.5 Å². The van der Waals surface area contributed by atoms with Crippen LogP contribution in [0.4, 0.5) is 4.79 Å². The van der Waals surface area contributed by atoms with E-state index in [0.29, 0.717) is 19.7 Å². The Kier molecular flexibility index (Phi) is 4.43. The van der Waals surface area contributed by atoms with Crippen LogP contribution < -0.4 is 21.1 Å². The van der Waals surface area contributed by atoms with E-state index in [2.05, 4.69) is 32.6 Å². The van der Waals surface area contributed by atoms with Crippen LogP contribution in [0.3, 0.4) is 0 Å². The summed E-state index contributed by atoms with van der Waals surface area (Å²) in [5, 5.41) is 5.95. The van der Waals surface area contributed by atoms with Crippen molar-refractivity contribution in [3.8, 4) is 5.75 Å². The average Bonchev–Trinajstić information content (AvgIpc) is 2.34. The Hall–Kier alpha value is -1.27. The van der Waals surface area contributed by atoms with E-state index < -0.39 is 6.03 Å². The number of carbonyl (C=O) groups excluding carboxylic acids is 1. The molecule has 1 aliphatic rings. The lowest BCUT2D eigenvalue weighted by Crippen LogP contribution is -2.37. The fourth-order valence-electron chi connectivity index (χ4n) is 2.01. The summed E-state index contributed by atoms with van der Waals surface area (Å²) in [4.78, 5) is 10.6. The van der Waals surface area contributed by atoms with E-state index in [4.69, 9.17) is 10.5 Å². The molecule has 0 saturated carbocycles. The van der Waals surface area contributed by atoms with Crippen molar-refractivity contribution in [2.24, 2.45) is 5.73 Å². The maximum atomic E-state index is 10.6. The molecule has 0 fully saturated rings. The van der Waals surface area contributed by atoms with Gasteiger partial charge >= 0.3 is 6.03 Å². The highest BCUT2D eigenvalue weighted by atomic mass is 79.9. The summed E-state index contributed by atoms with van der Waals surface area (Å²) in [5.74, 6) is 0.921. The smallest absolute Gasteiger partial charge is 0.312 e. The number of nitrogens with two attached hydrogens (primary N) is 1. The summed E-state index contributed by atoms with van der Waals surface area (Å²) in [5.41, 5.74) is 6.15. The molecule has 98 valence electrons. The molecular weight excluding hydrogens is 298 g/mol. The highest BCUT2D eigenvalue weighted by molar-refractivity contribution is 9.10. The van der Waals surface area contributed by atoms with Crippen molar-refractivity contribution in [1.29, 1.82) is 0 Å². The fraction of sp³-hybridized carbons (Fsp3) is 0.417. The number of nitrogens with one attached hydrogen (secondary N) is 2. The van der Waals surface area contributed by atoms with E-state index in [1.807, 2.05) is 12.1 Å². The second kappa shape index (κ2) is 6.06. The zero-order valence-electron chi connectivity index (χ0n) is 9.91. The molecule has 0 spiro atoms. The minimum Gasteiger partial charge on any atom is -0.493 e. The van der Waals surface area contributed by atoms with Crippen LogP contribution in [0, 0.1) is 0 Å². The quantitative estimate of drug-likeness (QED) is 0.738. The number of hydrogen-bond acceptors (Lipinski definition) is 3. The molecule has 0 saturated heterocycles. The molecule has 5 nitrogen and oxygen atoms in total. The van der Waals surface area contributed by atoms with Gasteiger partial charge in [0.1, 0.15) is 5.75 Å². The minimum atomic E-state index is -0.494. The lowest BCUT2D eigenvalue weighted by molar-refractivity contribution is 0.245. The normalized spacial score (nSPS) is 17.7. The molecule has 6 heteroatoms. The van der Waals surface area contributed by atoms with Gasteiger partial charge in [-0.1, -0.05) is 15.9 Å². The summed E-state index contributed by atoms with van der Waals surface area (Å²) < 4.78 is 6.64. The molecular formula is C12H16BrN3O2. The minimum absolute atomic E-state index is 0.251. The first-order valence-corrected chi connectivity index (χ1v) is 6.65. The van der Waals surface area contributed by atoms with Crippen molar-refractivity contribution >= 4 is 22.0 Å². The Morgan fingerprint density at radius 1 is 1.50 bits per heavy atom. The second-order valence-electron chi connectivity index (χ2n) is 4.12. The van der Waals surface area contributed by atoms with Gasteiger partial charge in [0.2, 0.25) is 0 Å². The highest BCUT2D eigenvalue weighted by Gasteiger charge is 2.20. The summed E-state index contributed by atoms with van der Waals surface area (Å²) in [7, 11) is 0. The van der Waals surface area contributed by atoms with E-state index in [1.54, 1.807) is 0 Å². The SMILES string of the molecule is NC(=O)NCCNC1CCOc2ccc(Br)cc21. The molecule has 0 aliphatic carbocycles.